The van der Waals surface area contributed by atoms with Crippen molar-refractivity contribution >= 4 is 45.5 Å². The summed E-state index contributed by atoms with van der Waals surface area (Å²) in [7, 11) is 0. The van der Waals surface area contributed by atoms with Gasteiger partial charge in [0, 0.05) is 35.6 Å². The first-order valence-electron chi connectivity index (χ1n) is 8.89. The minimum absolute atomic E-state index is 0.0730. The molecule has 0 saturated carbocycles. The lowest BCUT2D eigenvalue weighted by Gasteiger charge is -2.15. The van der Waals surface area contributed by atoms with Gasteiger partial charge < -0.3 is 0 Å². The molecule has 148 valence electrons. The number of nitrogens with one attached hydrogen (secondary N) is 1. The van der Waals surface area contributed by atoms with Gasteiger partial charge in [-0.15, -0.1) is 0 Å². The summed E-state index contributed by atoms with van der Waals surface area (Å²) in [6, 6.07) is 7.60. The number of amides is 2. The molecule has 0 aromatic heterocycles. The van der Waals surface area contributed by atoms with E-state index < -0.39 is 0 Å². The molecule has 0 bridgehead atoms. The molecule has 28 heavy (non-hydrogen) atoms. The fraction of sp³-hybridized carbons (Fsp3) is 0.286. The average Bonchev–Trinajstić information content (AvgIpc) is 2.91. The molecule has 1 N–H and O–H groups in total. The van der Waals surface area contributed by atoms with E-state index in [1.54, 1.807) is 25.2 Å². The van der Waals surface area contributed by atoms with Crippen molar-refractivity contribution in [2.24, 2.45) is 0 Å². The third-order valence-electron chi connectivity index (χ3n) is 4.30. The molecule has 1 heterocycles. The number of imide groups is 1. The zero-order valence-corrected chi connectivity index (χ0v) is 18.1. The highest BCUT2D eigenvalue weighted by molar-refractivity contribution is 9.09. The van der Waals surface area contributed by atoms with Gasteiger partial charge in [-0.2, -0.15) is 0 Å². The molecule has 5 nitrogen and oxygen atoms in total. The maximum absolute atomic E-state index is 12.4. The number of hydrogen-bond acceptors (Lipinski definition) is 5. The zero-order valence-electron chi connectivity index (χ0n) is 15.7. The number of rotatable bonds is 11. The van der Waals surface area contributed by atoms with Crippen LogP contribution >= 0.6 is 27.9 Å². The Morgan fingerprint density at radius 3 is 2.75 bits per heavy atom. The fourth-order valence-corrected chi connectivity index (χ4v) is 3.83. The quantitative estimate of drug-likeness (QED) is 0.136. The lowest BCUT2D eigenvalue weighted by Crippen LogP contribution is -2.36. The van der Waals surface area contributed by atoms with Crippen molar-refractivity contribution in [1.82, 2.24) is 9.62 Å². The SMILES string of the molecule is C=C/C=C\C1=C(C)C(=O)N(CCNSCCc2ccccc2C(=O)CBr)C1=O. The molecule has 0 saturated heterocycles. The Hall–Kier alpha value is -1.96. The summed E-state index contributed by atoms with van der Waals surface area (Å²) in [5, 5.41) is 0.310. The van der Waals surface area contributed by atoms with Crippen LogP contribution in [0, 0.1) is 0 Å². The van der Waals surface area contributed by atoms with Gasteiger partial charge in [-0.1, -0.05) is 70.9 Å². The normalized spacial score (nSPS) is 14.4. The number of Topliss-reactive ketones (excluding diaryl/α,β-unsaturated/α-hetero) is 1. The van der Waals surface area contributed by atoms with E-state index >= 15 is 0 Å². The van der Waals surface area contributed by atoms with E-state index in [-0.39, 0.29) is 17.6 Å². The Balaban J connectivity index is 1.77. The number of alkyl halides is 1. The largest absolute Gasteiger partial charge is 0.293 e. The molecule has 0 fully saturated rings. The van der Waals surface area contributed by atoms with Crippen molar-refractivity contribution in [2.75, 3.05) is 24.2 Å². The first-order chi connectivity index (χ1) is 13.5. The van der Waals surface area contributed by atoms with E-state index in [4.69, 9.17) is 0 Å². The van der Waals surface area contributed by atoms with Crippen LogP contribution in [0.4, 0.5) is 0 Å². The van der Waals surface area contributed by atoms with E-state index in [2.05, 4.69) is 27.2 Å². The number of carbonyl (C=O) groups is 3. The predicted octanol–water partition coefficient (Wildman–Crippen LogP) is 3.47. The minimum Gasteiger partial charge on any atom is -0.293 e. The summed E-state index contributed by atoms with van der Waals surface area (Å²) in [6.45, 7) is 6.05. The van der Waals surface area contributed by atoms with Crippen molar-refractivity contribution in [1.29, 1.82) is 0 Å². The van der Waals surface area contributed by atoms with Gasteiger partial charge in [0.25, 0.3) is 11.8 Å². The summed E-state index contributed by atoms with van der Waals surface area (Å²) < 4.78 is 3.18. The van der Waals surface area contributed by atoms with Gasteiger partial charge >= 0.3 is 0 Å². The van der Waals surface area contributed by atoms with Crippen LogP contribution in [0.3, 0.4) is 0 Å². The molecule has 0 atom stereocenters. The second-order valence-corrected chi connectivity index (χ2v) is 7.65. The monoisotopic (exact) mass is 462 g/mol. The van der Waals surface area contributed by atoms with E-state index in [1.165, 1.54) is 16.8 Å². The van der Waals surface area contributed by atoms with Crippen molar-refractivity contribution in [3.63, 3.8) is 0 Å². The molecule has 0 unspecified atom stereocenters. The van der Waals surface area contributed by atoms with Crippen molar-refractivity contribution < 1.29 is 14.4 Å². The van der Waals surface area contributed by atoms with Crippen LogP contribution in [0.2, 0.25) is 0 Å². The van der Waals surface area contributed by atoms with E-state index in [0.717, 1.165) is 23.3 Å². The maximum Gasteiger partial charge on any atom is 0.261 e. The first-order valence-corrected chi connectivity index (χ1v) is 11.0. The first kappa shape index (κ1) is 22.3. The predicted molar refractivity (Wildman–Crippen MR) is 117 cm³/mol. The summed E-state index contributed by atoms with van der Waals surface area (Å²) in [4.78, 5) is 37.8. The minimum atomic E-state index is -0.269. The second kappa shape index (κ2) is 11.1. The number of allylic oxidation sites excluding steroid dienone is 2. The lowest BCUT2D eigenvalue weighted by atomic mass is 10.0. The van der Waals surface area contributed by atoms with E-state index in [9.17, 15) is 14.4 Å². The highest BCUT2D eigenvalue weighted by Crippen LogP contribution is 2.21. The Bertz CT molecular complexity index is 833. The zero-order chi connectivity index (χ0) is 20.5. The van der Waals surface area contributed by atoms with Gasteiger partial charge in [-0.25, -0.2) is 0 Å². The fourth-order valence-electron chi connectivity index (χ4n) is 2.82. The van der Waals surface area contributed by atoms with Crippen molar-refractivity contribution in [3.05, 3.63) is 71.3 Å². The lowest BCUT2D eigenvalue weighted by molar-refractivity contribution is -0.137. The number of carbonyl (C=O) groups excluding carboxylic acids is 3. The molecular formula is C21H23BrN2O3S. The molecule has 1 aromatic rings. The number of halogens is 1. The molecule has 2 rings (SSSR count). The highest BCUT2D eigenvalue weighted by atomic mass is 79.9. The Morgan fingerprint density at radius 1 is 1.29 bits per heavy atom. The van der Waals surface area contributed by atoms with Gasteiger partial charge in [-0.3, -0.25) is 24.0 Å². The number of hydrogen-bond donors (Lipinski definition) is 1. The van der Waals surface area contributed by atoms with Crippen LogP contribution in [0.5, 0.6) is 0 Å². The maximum atomic E-state index is 12.4. The summed E-state index contributed by atoms with van der Waals surface area (Å²) in [5.74, 6) is 0.333. The molecule has 0 aliphatic carbocycles. The average molecular weight is 463 g/mol. The molecule has 0 radical (unpaired) electrons. The Labute approximate surface area is 178 Å². The van der Waals surface area contributed by atoms with Gasteiger partial charge in [0.05, 0.1) is 5.33 Å². The second-order valence-electron chi connectivity index (χ2n) is 6.10. The topological polar surface area (TPSA) is 66.5 Å². The van der Waals surface area contributed by atoms with Crippen LogP contribution in [-0.4, -0.2) is 46.7 Å². The van der Waals surface area contributed by atoms with Crippen LogP contribution in [0.15, 0.2) is 60.2 Å². The molecule has 1 aromatic carbocycles. The Kier molecular flexibility index (Phi) is 8.89. The van der Waals surface area contributed by atoms with E-state index in [1.807, 2.05) is 24.3 Å². The molecule has 7 heteroatoms. The third kappa shape index (κ3) is 5.53. The van der Waals surface area contributed by atoms with E-state index in [0.29, 0.717) is 29.6 Å². The highest BCUT2D eigenvalue weighted by Gasteiger charge is 2.33. The van der Waals surface area contributed by atoms with Gasteiger partial charge in [0.2, 0.25) is 0 Å². The number of benzene rings is 1. The number of ketones is 1. The number of nitrogens with zero attached hydrogens (tertiary/aromatic N) is 1. The van der Waals surface area contributed by atoms with Crippen molar-refractivity contribution in [2.45, 2.75) is 13.3 Å². The van der Waals surface area contributed by atoms with Crippen molar-refractivity contribution in [3.8, 4) is 0 Å². The smallest absolute Gasteiger partial charge is 0.261 e. The molecule has 2 amide bonds. The van der Waals surface area contributed by atoms with Crippen LogP contribution < -0.4 is 4.72 Å². The van der Waals surface area contributed by atoms with Crippen LogP contribution in [0.1, 0.15) is 22.8 Å². The van der Waals surface area contributed by atoms with Crippen LogP contribution in [-0.2, 0) is 16.0 Å². The summed E-state index contributed by atoms with van der Waals surface area (Å²) in [6.07, 6.45) is 5.60. The molecule has 0 spiro atoms. The standard InChI is InChI=1S/C21H23BrN2O3S/c1-3-4-8-17-15(2)20(26)24(21(17)27)12-11-23-28-13-10-16-7-5-6-9-18(16)19(25)14-22/h3-9,23H,1,10-14H2,2H3/b8-4-. The molecular weight excluding hydrogens is 440 g/mol. The third-order valence-corrected chi connectivity index (χ3v) is 5.62. The van der Waals surface area contributed by atoms with Gasteiger partial charge in [-0.05, 0) is 25.0 Å². The Morgan fingerprint density at radius 2 is 2.04 bits per heavy atom. The van der Waals surface area contributed by atoms with Crippen LogP contribution in [0.25, 0.3) is 0 Å². The molecule has 1 aliphatic rings. The van der Waals surface area contributed by atoms with Gasteiger partial charge in [0.1, 0.15) is 0 Å². The summed E-state index contributed by atoms with van der Waals surface area (Å²) >= 11 is 4.73. The van der Waals surface area contributed by atoms with Gasteiger partial charge in [0.15, 0.2) is 5.78 Å². The molecule has 1 aliphatic heterocycles. The summed E-state index contributed by atoms with van der Waals surface area (Å²) in [5.41, 5.74) is 2.65. The number of aryl methyl sites for hydroxylation is 1.